The molecule has 0 aliphatic heterocycles. The normalized spacial score (nSPS) is 28.3. The minimum atomic E-state index is -4.74. The largest absolute Gasteiger partial charge is 0.422 e. The highest BCUT2D eigenvalue weighted by atomic mass is 19.4. The van der Waals surface area contributed by atoms with E-state index >= 15 is 0 Å². The highest BCUT2D eigenvalue weighted by molar-refractivity contribution is 5.53. The summed E-state index contributed by atoms with van der Waals surface area (Å²) in [4.78, 5) is 0. The van der Waals surface area contributed by atoms with Gasteiger partial charge in [0, 0.05) is 11.8 Å². The van der Waals surface area contributed by atoms with Gasteiger partial charge in [0.05, 0.1) is 0 Å². The third-order valence-electron chi connectivity index (χ3n) is 5.00. The zero-order chi connectivity index (χ0) is 18.4. The van der Waals surface area contributed by atoms with Crippen LogP contribution in [0.15, 0.2) is 71.4 Å². The molecule has 1 N–H and O–H groups in total. The van der Waals surface area contributed by atoms with Gasteiger partial charge in [-0.1, -0.05) is 60.2 Å². The molecule has 0 amide bonds. The molecular weight excluding hydrogens is 325 g/mol. The fraction of sp³-hybridized carbons (Fsp3) is 0.333. The summed E-state index contributed by atoms with van der Waals surface area (Å²) < 4.78 is 41.5. The highest BCUT2D eigenvalue weighted by Gasteiger charge is 2.65. The summed E-state index contributed by atoms with van der Waals surface area (Å²) in [5.41, 5.74) is 0.347. The van der Waals surface area contributed by atoms with Crippen molar-refractivity contribution < 1.29 is 18.3 Å². The number of hydrogen-bond acceptors (Lipinski definition) is 1. The van der Waals surface area contributed by atoms with Gasteiger partial charge in [-0.15, -0.1) is 0 Å². The fourth-order valence-electron chi connectivity index (χ4n) is 3.66. The van der Waals surface area contributed by atoms with Gasteiger partial charge < -0.3 is 5.11 Å². The van der Waals surface area contributed by atoms with Gasteiger partial charge in [0.15, 0.2) is 5.60 Å². The van der Waals surface area contributed by atoms with Crippen molar-refractivity contribution in [3.05, 3.63) is 82.5 Å². The monoisotopic (exact) mass is 346 g/mol. The number of halogens is 3. The maximum Gasteiger partial charge on any atom is 0.422 e. The van der Waals surface area contributed by atoms with Gasteiger partial charge in [0.25, 0.3) is 0 Å². The number of hydrogen-bond donors (Lipinski definition) is 1. The first kappa shape index (κ1) is 17.7. The van der Waals surface area contributed by atoms with E-state index in [2.05, 4.69) is 0 Å². The van der Waals surface area contributed by atoms with Gasteiger partial charge in [-0.3, -0.25) is 0 Å². The molecule has 4 heteroatoms. The van der Waals surface area contributed by atoms with E-state index in [-0.39, 0.29) is 5.56 Å². The number of benzene rings is 1. The Morgan fingerprint density at radius 1 is 1.12 bits per heavy atom. The second-order valence-electron chi connectivity index (χ2n) is 6.98. The van der Waals surface area contributed by atoms with E-state index in [1.54, 1.807) is 30.4 Å². The predicted molar refractivity (Wildman–Crippen MR) is 93.0 cm³/mol. The molecule has 3 unspecified atom stereocenters. The topological polar surface area (TPSA) is 20.2 Å². The number of rotatable bonds is 2. The quantitative estimate of drug-likeness (QED) is 0.695. The fourth-order valence-corrected chi connectivity index (χ4v) is 3.66. The minimum absolute atomic E-state index is 0.0365. The average Bonchev–Trinajstić information content (AvgIpc) is 2.83. The zero-order valence-electron chi connectivity index (χ0n) is 14.4. The van der Waals surface area contributed by atoms with Crippen LogP contribution < -0.4 is 0 Å². The first-order valence-corrected chi connectivity index (χ1v) is 8.27. The van der Waals surface area contributed by atoms with Gasteiger partial charge >= 0.3 is 6.18 Å². The molecule has 0 aromatic heterocycles. The Morgan fingerprint density at radius 3 is 2.44 bits per heavy atom. The molecule has 0 saturated carbocycles. The molecule has 25 heavy (non-hydrogen) atoms. The van der Waals surface area contributed by atoms with Crippen molar-refractivity contribution >= 4 is 0 Å². The first-order chi connectivity index (χ1) is 11.7. The Labute approximate surface area is 145 Å². The lowest BCUT2D eigenvalue weighted by Crippen LogP contribution is -2.46. The lowest BCUT2D eigenvalue weighted by atomic mass is 9.77. The second kappa shape index (κ2) is 6.03. The van der Waals surface area contributed by atoms with Crippen LogP contribution in [0.25, 0.3) is 0 Å². The zero-order valence-corrected chi connectivity index (χ0v) is 14.4. The number of alkyl halides is 3. The standard InChI is InChI=1S/C21H21F3O/c1-13(2)8-9-14(3)15-10-11-17-16-6-4-5-7-18(16)20(25,19(17)12-15)21(22,23)24/h4-12,17,19,25H,1-3H3/b14-9+. The lowest BCUT2D eigenvalue weighted by Gasteiger charge is -2.34. The van der Waals surface area contributed by atoms with Gasteiger partial charge in [-0.05, 0) is 43.0 Å². The molecule has 3 rings (SSSR count). The molecular formula is C21H21F3O. The smallest absolute Gasteiger partial charge is 0.376 e. The molecule has 3 atom stereocenters. The van der Waals surface area contributed by atoms with Crippen molar-refractivity contribution in [2.45, 2.75) is 38.5 Å². The molecule has 1 nitrogen and oxygen atoms in total. The van der Waals surface area contributed by atoms with E-state index in [1.165, 1.54) is 6.07 Å². The van der Waals surface area contributed by atoms with E-state index in [0.29, 0.717) is 11.1 Å². The van der Waals surface area contributed by atoms with Crippen molar-refractivity contribution in [1.82, 2.24) is 0 Å². The summed E-state index contributed by atoms with van der Waals surface area (Å²) in [6.45, 7) is 5.78. The molecule has 0 radical (unpaired) electrons. The van der Waals surface area contributed by atoms with Crippen molar-refractivity contribution in [3.8, 4) is 0 Å². The summed E-state index contributed by atoms with van der Waals surface area (Å²) in [7, 11) is 0. The second-order valence-corrected chi connectivity index (χ2v) is 6.98. The maximum atomic E-state index is 13.8. The van der Waals surface area contributed by atoms with Gasteiger partial charge in [-0.25, -0.2) is 0 Å². The number of allylic oxidation sites excluding steroid dienone is 7. The van der Waals surface area contributed by atoms with Crippen LogP contribution in [0.4, 0.5) is 13.2 Å². The molecule has 0 fully saturated rings. The van der Waals surface area contributed by atoms with Crippen molar-refractivity contribution in [2.75, 3.05) is 0 Å². The van der Waals surface area contributed by atoms with E-state index in [1.807, 2.05) is 39.0 Å². The highest BCUT2D eigenvalue weighted by Crippen LogP contribution is 2.58. The molecule has 0 saturated heterocycles. The summed E-state index contributed by atoms with van der Waals surface area (Å²) in [6.07, 6.45) is 4.28. The van der Waals surface area contributed by atoms with Gasteiger partial charge in [0.2, 0.25) is 0 Å². The molecule has 0 bridgehead atoms. The molecule has 1 aromatic rings. The van der Waals surface area contributed by atoms with E-state index in [0.717, 1.165) is 11.1 Å². The van der Waals surface area contributed by atoms with E-state index in [4.69, 9.17) is 0 Å². The Kier molecular flexibility index (Phi) is 4.28. The average molecular weight is 346 g/mol. The Hall–Kier alpha value is -2.07. The Morgan fingerprint density at radius 2 is 1.80 bits per heavy atom. The molecule has 2 aliphatic carbocycles. The summed E-state index contributed by atoms with van der Waals surface area (Å²) in [5, 5.41) is 10.8. The molecule has 1 aromatic carbocycles. The maximum absolute atomic E-state index is 13.8. The predicted octanol–water partition coefficient (Wildman–Crippen LogP) is 5.56. The van der Waals surface area contributed by atoms with Crippen molar-refractivity contribution in [2.24, 2.45) is 5.92 Å². The van der Waals surface area contributed by atoms with E-state index in [9.17, 15) is 18.3 Å². The SMILES string of the molecule is CC(C)=C/C=C(\C)C1=CC2C(C=C1)c1ccccc1C2(O)C(F)(F)F. The van der Waals surface area contributed by atoms with Crippen LogP contribution in [0.1, 0.15) is 37.8 Å². The van der Waals surface area contributed by atoms with Crippen molar-refractivity contribution in [3.63, 3.8) is 0 Å². The van der Waals surface area contributed by atoms with Crippen molar-refractivity contribution in [1.29, 1.82) is 0 Å². The number of aliphatic hydroxyl groups is 1. The lowest BCUT2D eigenvalue weighted by molar-refractivity contribution is -0.278. The van der Waals surface area contributed by atoms with Gasteiger partial charge in [-0.2, -0.15) is 13.2 Å². The third-order valence-corrected chi connectivity index (χ3v) is 5.00. The van der Waals surface area contributed by atoms with Crippen LogP contribution in [0, 0.1) is 5.92 Å². The minimum Gasteiger partial charge on any atom is -0.376 e. The third kappa shape index (κ3) is 2.78. The molecule has 132 valence electrons. The first-order valence-electron chi connectivity index (χ1n) is 8.27. The van der Waals surface area contributed by atoms with Gasteiger partial charge in [0.1, 0.15) is 0 Å². The van der Waals surface area contributed by atoms with Crippen LogP contribution in [0.2, 0.25) is 0 Å². The number of fused-ring (bicyclic) bond motifs is 3. The Balaban J connectivity index is 2.11. The van der Waals surface area contributed by atoms with Crippen LogP contribution in [-0.4, -0.2) is 11.3 Å². The summed E-state index contributed by atoms with van der Waals surface area (Å²) in [6, 6.07) is 6.31. The van der Waals surface area contributed by atoms with Crippen LogP contribution in [0.5, 0.6) is 0 Å². The molecule has 2 aliphatic rings. The molecule has 0 heterocycles. The van der Waals surface area contributed by atoms with E-state index < -0.39 is 23.6 Å². The van der Waals surface area contributed by atoms with Crippen LogP contribution >= 0.6 is 0 Å². The summed E-state index contributed by atoms with van der Waals surface area (Å²) >= 11 is 0. The summed E-state index contributed by atoms with van der Waals surface area (Å²) in [5.74, 6) is -1.53. The molecule has 0 spiro atoms. The Bertz CT molecular complexity index is 807. The van der Waals surface area contributed by atoms with Crippen LogP contribution in [0.3, 0.4) is 0 Å². The van der Waals surface area contributed by atoms with Crippen LogP contribution in [-0.2, 0) is 5.60 Å².